The van der Waals surface area contributed by atoms with Gasteiger partial charge in [-0.3, -0.25) is 4.79 Å². The first-order valence-electron chi connectivity index (χ1n) is 12.9. The van der Waals surface area contributed by atoms with Crippen molar-refractivity contribution in [3.8, 4) is 5.75 Å². The summed E-state index contributed by atoms with van der Waals surface area (Å²) in [6.45, 7) is 5.10. The van der Waals surface area contributed by atoms with Crippen LogP contribution < -0.4 is 10.1 Å². The van der Waals surface area contributed by atoms with Gasteiger partial charge in [0.25, 0.3) is 0 Å². The number of nitrogens with one attached hydrogen (secondary N) is 1. The van der Waals surface area contributed by atoms with E-state index in [2.05, 4.69) is 42.6 Å². The van der Waals surface area contributed by atoms with E-state index >= 15 is 0 Å². The number of hydrogen-bond acceptors (Lipinski definition) is 3. The Kier molecular flexibility index (Phi) is 6.86. The van der Waals surface area contributed by atoms with Gasteiger partial charge in [-0.2, -0.15) is 0 Å². The lowest BCUT2D eigenvalue weighted by Crippen LogP contribution is -2.46. The molecule has 2 fully saturated rings. The highest BCUT2D eigenvalue weighted by Gasteiger charge is 2.42. The van der Waals surface area contributed by atoms with E-state index in [9.17, 15) is 9.59 Å². The van der Waals surface area contributed by atoms with E-state index in [1.54, 1.807) is 7.11 Å². The smallest absolute Gasteiger partial charge is 0.317 e. The van der Waals surface area contributed by atoms with E-state index in [0.29, 0.717) is 6.42 Å². The van der Waals surface area contributed by atoms with E-state index in [4.69, 9.17) is 4.74 Å². The molecule has 2 saturated heterocycles. The van der Waals surface area contributed by atoms with Crippen LogP contribution in [0, 0.1) is 5.41 Å². The molecule has 0 aliphatic carbocycles. The van der Waals surface area contributed by atoms with Crippen molar-refractivity contribution in [2.24, 2.45) is 5.41 Å². The third-order valence-electron chi connectivity index (χ3n) is 8.02. The van der Waals surface area contributed by atoms with Crippen LogP contribution in [0.25, 0.3) is 10.8 Å². The van der Waals surface area contributed by atoms with Gasteiger partial charge in [-0.1, -0.05) is 54.6 Å². The van der Waals surface area contributed by atoms with E-state index in [1.807, 2.05) is 46.2 Å². The number of fused-ring (bicyclic) bond motifs is 1. The highest BCUT2D eigenvalue weighted by atomic mass is 16.5. The summed E-state index contributed by atoms with van der Waals surface area (Å²) in [5.41, 5.74) is 2.23. The van der Waals surface area contributed by atoms with Crippen molar-refractivity contribution in [1.29, 1.82) is 0 Å². The van der Waals surface area contributed by atoms with Crippen LogP contribution >= 0.6 is 0 Å². The van der Waals surface area contributed by atoms with Crippen LogP contribution in [0.5, 0.6) is 5.75 Å². The van der Waals surface area contributed by atoms with Crippen LogP contribution in [-0.4, -0.2) is 55.0 Å². The number of amides is 3. The van der Waals surface area contributed by atoms with Gasteiger partial charge in [-0.15, -0.1) is 0 Å². The summed E-state index contributed by atoms with van der Waals surface area (Å²) in [6, 6.07) is 22.2. The Balaban J connectivity index is 1.15. The third-order valence-corrected chi connectivity index (χ3v) is 8.02. The summed E-state index contributed by atoms with van der Waals surface area (Å²) in [5.74, 6) is 0.937. The van der Waals surface area contributed by atoms with Crippen molar-refractivity contribution >= 4 is 22.7 Å². The normalized spacial score (nSPS) is 17.8. The number of rotatable bonds is 5. The second-order valence-electron chi connectivity index (χ2n) is 10.3. The van der Waals surface area contributed by atoms with Gasteiger partial charge in [0.15, 0.2) is 0 Å². The predicted octanol–water partition coefficient (Wildman–Crippen LogP) is 5.18. The van der Waals surface area contributed by atoms with Crippen LogP contribution in [0.3, 0.4) is 0 Å². The fourth-order valence-corrected chi connectivity index (χ4v) is 5.80. The number of likely N-dealkylation sites (tertiary alicyclic amines) is 2. The van der Waals surface area contributed by atoms with Crippen LogP contribution in [-0.2, 0) is 11.2 Å². The molecule has 0 bridgehead atoms. The summed E-state index contributed by atoms with van der Waals surface area (Å²) in [7, 11) is 1.64. The number of benzene rings is 3. The lowest BCUT2D eigenvalue weighted by Gasteiger charge is -2.39. The zero-order chi connectivity index (χ0) is 25.1. The van der Waals surface area contributed by atoms with Crippen molar-refractivity contribution in [2.75, 3.05) is 33.3 Å². The maximum absolute atomic E-state index is 13.2. The lowest BCUT2D eigenvalue weighted by atomic mass is 9.77. The maximum Gasteiger partial charge on any atom is 0.317 e. The highest BCUT2D eigenvalue weighted by molar-refractivity contribution is 5.86. The molecule has 1 atom stereocenters. The zero-order valence-corrected chi connectivity index (χ0v) is 21.2. The fourth-order valence-electron chi connectivity index (χ4n) is 5.80. The summed E-state index contributed by atoms with van der Waals surface area (Å²) >= 11 is 0. The van der Waals surface area contributed by atoms with Gasteiger partial charge in [0.2, 0.25) is 5.91 Å². The van der Waals surface area contributed by atoms with Gasteiger partial charge in [0.1, 0.15) is 5.75 Å². The molecule has 1 unspecified atom stereocenters. The molecule has 0 radical (unpaired) electrons. The number of nitrogens with zero attached hydrogens (tertiary/aromatic N) is 2. The molecule has 3 aromatic rings. The Morgan fingerprint density at radius 2 is 1.64 bits per heavy atom. The third kappa shape index (κ3) is 5.03. The van der Waals surface area contributed by atoms with Crippen molar-refractivity contribution in [2.45, 2.75) is 38.6 Å². The number of urea groups is 1. The first-order chi connectivity index (χ1) is 17.5. The number of piperidine rings is 1. The van der Waals surface area contributed by atoms with Crippen LogP contribution in [0.2, 0.25) is 0 Å². The average Bonchev–Trinajstić information content (AvgIpc) is 3.32. The molecule has 3 aromatic carbocycles. The zero-order valence-electron chi connectivity index (χ0n) is 21.2. The molecule has 3 amide bonds. The van der Waals surface area contributed by atoms with Gasteiger partial charge in [-0.25, -0.2) is 4.79 Å². The van der Waals surface area contributed by atoms with Crippen LogP contribution in [0.15, 0.2) is 66.7 Å². The molecule has 5 rings (SSSR count). The molecule has 1 N–H and O–H groups in total. The molecule has 0 aromatic heterocycles. The Bertz CT molecular complexity index is 1240. The van der Waals surface area contributed by atoms with Gasteiger partial charge in [0.05, 0.1) is 19.6 Å². The second-order valence-corrected chi connectivity index (χ2v) is 10.3. The number of ether oxygens (including phenoxy) is 1. The van der Waals surface area contributed by atoms with Crippen LogP contribution in [0.1, 0.15) is 43.4 Å². The Morgan fingerprint density at radius 1 is 0.944 bits per heavy atom. The molecular weight excluding hydrogens is 450 g/mol. The Hall–Kier alpha value is -3.54. The van der Waals surface area contributed by atoms with Crippen molar-refractivity contribution < 1.29 is 14.3 Å². The topological polar surface area (TPSA) is 61.9 Å². The molecule has 0 saturated carbocycles. The van der Waals surface area contributed by atoms with Crippen molar-refractivity contribution in [1.82, 2.24) is 15.1 Å². The number of hydrogen-bond donors (Lipinski definition) is 1. The molecule has 2 aliphatic heterocycles. The number of carbonyl (C=O) groups excluding carboxylic acids is 2. The molecule has 1 spiro atoms. The van der Waals surface area contributed by atoms with E-state index in [0.717, 1.165) is 62.3 Å². The first kappa shape index (κ1) is 24.2. The molecule has 188 valence electrons. The minimum Gasteiger partial charge on any atom is -0.497 e. The Labute approximate surface area is 213 Å². The maximum atomic E-state index is 13.2. The fraction of sp³-hybridized carbons (Fsp3) is 0.400. The van der Waals surface area contributed by atoms with Crippen molar-refractivity contribution in [3.05, 3.63) is 77.9 Å². The molecule has 36 heavy (non-hydrogen) atoms. The average molecular weight is 486 g/mol. The monoisotopic (exact) mass is 485 g/mol. The molecular formula is C30H35N3O3. The SMILES string of the molecule is COc1cccc(CC(=O)N2CCC3(CC2)CCN(C(=O)NC(C)c2cccc4ccccc24)C3)c1. The standard InChI is InChI=1S/C30H35N3O3/c1-22(26-12-6-9-24-8-3-4-11-27(24)26)31-29(35)33-18-15-30(21-33)13-16-32(17-14-30)28(34)20-23-7-5-10-25(19-23)36-2/h3-12,19,22H,13-18,20-21H2,1-2H3,(H,31,35). The first-order valence-corrected chi connectivity index (χ1v) is 12.9. The molecule has 2 aliphatic rings. The minimum absolute atomic E-state index is 0.00356. The molecule has 6 nitrogen and oxygen atoms in total. The van der Waals surface area contributed by atoms with Crippen molar-refractivity contribution in [3.63, 3.8) is 0 Å². The summed E-state index contributed by atoms with van der Waals surface area (Å²) in [4.78, 5) is 30.0. The van der Waals surface area contributed by atoms with E-state index in [-0.39, 0.29) is 23.4 Å². The summed E-state index contributed by atoms with van der Waals surface area (Å²) < 4.78 is 5.28. The number of methoxy groups -OCH3 is 1. The van der Waals surface area contributed by atoms with Crippen LogP contribution in [0.4, 0.5) is 4.79 Å². The minimum atomic E-state index is -0.0729. The summed E-state index contributed by atoms with van der Waals surface area (Å²) in [6.07, 6.45) is 3.28. The summed E-state index contributed by atoms with van der Waals surface area (Å²) in [5, 5.41) is 5.59. The van der Waals surface area contributed by atoms with Gasteiger partial charge in [-0.05, 0) is 65.6 Å². The lowest BCUT2D eigenvalue weighted by molar-refractivity contribution is -0.132. The van der Waals surface area contributed by atoms with E-state index in [1.165, 1.54) is 10.8 Å². The highest BCUT2D eigenvalue weighted by Crippen LogP contribution is 2.40. The van der Waals surface area contributed by atoms with Gasteiger partial charge in [0, 0.05) is 26.2 Å². The second kappa shape index (κ2) is 10.2. The number of carbonyl (C=O) groups is 2. The van der Waals surface area contributed by atoms with Gasteiger partial charge >= 0.3 is 6.03 Å². The molecule has 6 heteroatoms. The van der Waals surface area contributed by atoms with Gasteiger partial charge < -0.3 is 19.9 Å². The molecule has 2 heterocycles. The predicted molar refractivity (Wildman–Crippen MR) is 142 cm³/mol. The Morgan fingerprint density at radius 3 is 2.42 bits per heavy atom. The van der Waals surface area contributed by atoms with E-state index < -0.39 is 0 Å². The largest absolute Gasteiger partial charge is 0.497 e. The quantitative estimate of drug-likeness (QED) is 0.542.